The largest absolute Gasteiger partial charge is 0.387 e. The number of hydrogen-bond donors (Lipinski definition) is 6. The fourth-order valence-corrected chi connectivity index (χ4v) is 7.03. The molecule has 1 fully saturated rings. The van der Waals surface area contributed by atoms with Gasteiger partial charge in [0.1, 0.15) is 18.3 Å². The van der Waals surface area contributed by atoms with Crippen molar-refractivity contribution < 1.29 is 43.3 Å². The lowest BCUT2D eigenvalue weighted by Gasteiger charge is -2.18. The van der Waals surface area contributed by atoms with E-state index in [1.807, 2.05) is 42.5 Å². The predicted octanol–water partition coefficient (Wildman–Crippen LogP) is 2.20. The zero-order valence-electron chi connectivity index (χ0n) is 20.0. The van der Waals surface area contributed by atoms with E-state index in [1.165, 1.54) is 10.9 Å². The number of hydrogen-bond acceptors (Lipinski definition) is 10. The minimum Gasteiger partial charge on any atom is -0.387 e. The number of aliphatic hydroxyl groups is 2. The van der Waals surface area contributed by atoms with E-state index in [4.69, 9.17) is 30.6 Å². The van der Waals surface area contributed by atoms with Crippen LogP contribution < -0.4 is 5.32 Å². The van der Waals surface area contributed by atoms with Crippen LogP contribution in [0.1, 0.15) is 11.8 Å². The molecule has 5 atom stereocenters. The first kappa shape index (κ1) is 28.1. The Morgan fingerprint density at radius 3 is 2.54 bits per heavy atom. The molecule has 0 aliphatic carbocycles. The van der Waals surface area contributed by atoms with Crippen LogP contribution in [0.25, 0.3) is 21.9 Å². The van der Waals surface area contributed by atoms with E-state index in [0.29, 0.717) is 17.9 Å². The van der Waals surface area contributed by atoms with Gasteiger partial charge in [-0.1, -0.05) is 36.4 Å². The van der Waals surface area contributed by atoms with Crippen molar-refractivity contribution in [2.75, 3.05) is 17.8 Å². The first-order chi connectivity index (χ1) is 18.4. The molecule has 3 heterocycles. The number of rotatable bonds is 9. The highest BCUT2D eigenvalue weighted by Gasteiger charge is 2.45. The SMILES string of the molecule is O=P(O)(O)CP(=O)(O)OC[C@H]1O[C@@H](n2cnc3c(NCc4ccc5ccccc5c4)nc(Cl)nc32)C(O)[C@H]1O. The van der Waals surface area contributed by atoms with Gasteiger partial charge in [-0.3, -0.25) is 13.7 Å². The molecule has 6 N–H and O–H groups in total. The van der Waals surface area contributed by atoms with Crippen LogP contribution in [0.5, 0.6) is 0 Å². The third-order valence-corrected chi connectivity index (χ3v) is 9.71. The predicted molar refractivity (Wildman–Crippen MR) is 140 cm³/mol. The standard InChI is InChI=1S/C22H24ClN5O9P2/c23-22-26-19(24-8-12-5-6-13-3-1-2-4-14(13)7-12)16-20(27-22)28(10-25-16)21-18(30)17(29)15(37-21)9-36-39(34,35)11-38(31,32)33/h1-7,10,15,17-18,21,29-30H,8-9,11H2,(H,34,35)(H,24,26,27)(H2,31,32,33)/t15-,17+,18?,21-/m1/s1. The summed E-state index contributed by atoms with van der Waals surface area (Å²) in [5.74, 6) is -1.07. The number of nitrogens with zero attached hydrogens (tertiary/aromatic N) is 4. The van der Waals surface area contributed by atoms with Gasteiger partial charge in [0.25, 0.3) is 0 Å². The van der Waals surface area contributed by atoms with Crippen LogP contribution in [-0.2, 0) is 24.9 Å². The average molecular weight is 600 g/mol. The molecule has 1 aliphatic rings. The molecule has 0 bridgehead atoms. The van der Waals surface area contributed by atoms with E-state index in [-0.39, 0.29) is 10.9 Å². The summed E-state index contributed by atoms with van der Waals surface area (Å²) in [5.41, 5.74) is 1.48. The molecule has 39 heavy (non-hydrogen) atoms. The Hall–Kier alpha value is -2.48. The Bertz CT molecular complexity index is 1620. The van der Waals surface area contributed by atoms with Crippen molar-refractivity contribution in [1.82, 2.24) is 19.5 Å². The van der Waals surface area contributed by atoms with Crippen LogP contribution in [0.3, 0.4) is 0 Å². The minimum absolute atomic E-state index is 0.114. The molecular formula is C22H24ClN5O9P2. The summed E-state index contributed by atoms with van der Waals surface area (Å²) in [5, 5.41) is 26.3. The lowest BCUT2D eigenvalue weighted by Crippen LogP contribution is -2.33. The maximum absolute atomic E-state index is 12.0. The number of halogens is 1. The van der Waals surface area contributed by atoms with Gasteiger partial charge in [0.15, 0.2) is 29.1 Å². The molecule has 1 saturated heterocycles. The molecule has 4 aromatic rings. The molecule has 14 nitrogen and oxygen atoms in total. The van der Waals surface area contributed by atoms with Crippen molar-refractivity contribution in [2.45, 2.75) is 31.1 Å². The topological polar surface area (TPSA) is 209 Å². The zero-order chi connectivity index (χ0) is 27.9. The average Bonchev–Trinajstić information content (AvgIpc) is 3.40. The molecule has 1 aliphatic heterocycles. The Morgan fingerprint density at radius 2 is 1.79 bits per heavy atom. The van der Waals surface area contributed by atoms with Crippen LogP contribution >= 0.6 is 26.8 Å². The quantitative estimate of drug-likeness (QED) is 0.120. The number of aromatic nitrogens is 4. The maximum atomic E-state index is 12.0. The molecule has 5 rings (SSSR count). The van der Waals surface area contributed by atoms with Gasteiger partial charge in [0.05, 0.1) is 12.9 Å². The van der Waals surface area contributed by atoms with Crippen molar-refractivity contribution in [3.05, 3.63) is 59.6 Å². The molecule has 0 radical (unpaired) electrons. The van der Waals surface area contributed by atoms with Gasteiger partial charge in [0, 0.05) is 6.54 Å². The van der Waals surface area contributed by atoms with Crippen LogP contribution in [0.15, 0.2) is 48.8 Å². The van der Waals surface area contributed by atoms with Crippen molar-refractivity contribution in [1.29, 1.82) is 0 Å². The number of nitrogens with one attached hydrogen (secondary N) is 1. The van der Waals surface area contributed by atoms with Crippen molar-refractivity contribution in [3.8, 4) is 0 Å². The first-order valence-corrected chi connectivity index (χ1v) is 15.5. The van der Waals surface area contributed by atoms with Gasteiger partial charge in [0.2, 0.25) is 5.28 Å². The second-order valence-electron chi connectivity index (χ2n) is 8.99. The van der Waals surface area contributed by atoms with Crippen LogP contribution in [0.2, 0.25) is 5.28 Å². The second-order valence-corrected chi connectivity index (χ2v) is 13.3. The number of benzene rings is 2. The molecule has 2 aromatic carbocycles. The van der Waals surface area contributed by atoms with E-state index in [2.05, 4.69) is 20.3 Å². The summed E-state index contributed by atoms with van der Waals surface area (Å²) in [6, 6.07) is 14.0. The van der Waals surface area contributed by atoms with E-state index < -0.39 is 52.2 Å². The van der Waals surface area contributed by atoms with Gasteiger partial charge in [-0.2, -0.15) is 9.97 Å². The Kier molecular flexibility index (Phi) is 7.79. The summed E-state index contributed by atoms with van der Waals surface area (Å²) in [6.07, 6.45) is -4.32. The van der Waals surface area contributed by atoms with E-state index >= 15 is 0 Å². The number of aliphatic hydroxyl groups excluding tert-OH is 2. The molecular weight excluding hydrogens is 576 g/mol. The molecule has 0 amide bonds. The molecule has 0 saturated carbocycles. The minimum atomic E-state index is -4.84. The fraction of sp³-hybridized carbons (Fsp3) is 0.318. The number of ether oxygens (including phenoxy) is 1. The summed E-state index contributed by atoms with van der Waals surface area (Å²) in [4.78, 5) is 40.3. The summed E-state index contributed by atoms with van der Waals surface area (Å²) < 4.78 is 34.7. The van der Waals surface area contributed by atoms with Gasteiger partial charge in [-0.25, -0.2) is 4.98 Å². The fourth-order valence-electron chi connectivity index (χ4n) is 4.29. The molecule has 0 spiro atoms. The van der Waals surface area contributed by atoms with E-state index in [0.717, 1.165) is 16.3 Å². The highest BCUT2D eigenvalue weighted by atomic mass is 35.5. The summed E-state index contributed by atoms with van der Waals surface area (Å²) in [6.45, 7) is -0.319. The van der Waals surface area contributed by atoms with E-state index in [1.54, 1.807) is 0 Å². The van der Waals surface area contributed by atoms with Crippen molar-refractivity contribution >= 4 is 54.5 Å². The Labute approximate surface area is 225 Å². The lowest BCUT2D eigenvalue weighted by atomic mass is 10.1. The van der Waals surface area contributed by atoms with Crippen LogP contribution in [0.4, 0.5) is 5.82 Å². The monoisotopic (exact) mass is 599 g/mol. The zero-order valence-corrected chi connectivity index (χ0v) is 22.5. The van der Waals surface area contributed by atoms with Crippen molar-refractivity contribution in [2.24, 2.45) is 0 Å². The normalized spacial score (nSPS) is 23.3. The number of imidazole rings is 1. The van der Waals surface area contributed by atoms with Crippen molar-refractivity contribution in [3.63, 3.8) is 0 Å². The Morgan fingerprint density at radius 1 is 1.05 bits per heavy atom. The highest BCUT2D eigenvalue weighted by Crippen LogP contribution is 2.55. The molecule has 2 unspecified atom stereocenters. The molecule has 2 aromatic heterocycles. The van der Waals surface area contributed by atoms with Gasteiger partial charge in [-0.15, -0.1) is 0 Å². The van der Waals surface area contributed by atoms with Gasteiger partial charge < -0.3 is 39.5 Å². The third-order valence-electron chi connectivity index (χ3n) is 6.08. The highest BCUT2D eigenvalue weighted by molar-refractivity contribution is 7.70. The maximum Gasteiger partial charge on any atom is 0.340 e. The smallest absolute Gasteiger partial charge is 0.340 e. The summed E-state index contributed by atoms with van der Waals surface area (Å²) in [7, 11) is -9.53. The number of anilines is 1. The molecule has 208 valence electrons. The number of fused-ring (bicyclic) bond motifs is 2. The van der Waals surface area contributed by atoms with Crippen LogP contribution in [-0.4, -0.2) is 75.2 Å². The van der Waals surface area contributed by atoms with E-state index in [9.17, 15) is 24.2 Å². The van der Waals surface area contributed by atoms with Gasteiger partial charge in [-0.05, 0) is 34.0 Å². The second kappa shape index (κ2) is 10.8. The molecule has 17 heteroatoms. The van der Waals surface area contributed by atoms with Gasteiger partial charge >= 0.3 is 15.2 Å². The van der Waals surface area contributed by atoms with Crippen LogP contribution in [0, 0.1) is 0 Å². The lowest BCUT2D eigenvalue weighted by molar-refractivity contribution is -0.0483. The third kappa shape index (κ3) is 6.31. The first-order valence-electron chi connectivity index (χ1n) is 11.5. The Balaban J connectivity index is 1.34. The summed E-state index contributed by atoms with van der Waals surface area (Å²) >= 11 is 6.17.